The smallest absolute Gasteiger partial charge is 0.374 e. The second-order valence-corrected chi connectivity index (χ2v) is 7.77. The van der Waals surface area contributed by atoms with Gasteiger partial charge in [-0.3, -0.25) is 9.78 Å². The molecule has 0 spiro atoms. The first-order valence-corrected chi connectivity index (χ1v) is 9.34. The van der Waals surface area contributed by atoms with Gasteiger partial charge in [-0.25, -0.2) is 4.68 Å². The Hall–Kier alpha value is -2.40. The summed E-state index contributed by atoms with van der Waals surface area (Å²) >= 11 is 3.06. The Morgan fingerprint density at radius 3 is 2.82 bits per heavy atom. The zero-order chi connectivity index (χ0) is 19.6. The number of hydrogen-bond acceptors (Lipinski definition) is 5. The number of ether oxygens (including phenoxy) is 1. The predicted octanol–water partition coefficient (Wildman–Crippen LogP) is 2.87. The molecule has 5 rings (SSSR count). The molecule has 0 saturated carbocycles. The Labute approximate surface area is 164 Å². The van der Waals surface area contributed by atoms with Crippen molar-refractivity contribution in [3.05, 3.63) is 44.8 Å². The van der Waals surface area contributed by atoms with E-state index in [1.165, 1.54) is 18.3 Å². The van der Waals surface area contributed by atoms with Crippen LogP contribution in [0.4, 0.5) is 19.1 Å². The monoisotopic (exact) mass is 455 g/mol. The number of alkyl halides is 3. The maximum absolute atomic E-state index is 13.4. The van der Waals surface area contributed by atoms with Crippen molar-refractivity contribution >= 4 is 32.9 Å². The van der Waals surface area contributed by atoms with Gasteiger partial charge in [0.15, 0.2) is 5.65 Å². The SMILES string of the molecule is O=c1[nH]c(N2C[C@H]3C[C@@H]2CO3)nc2nn(-c3ccc(Br)cc3C(F)(F)F)cc12. The van der Waals surface area contributed by atoms with Crippen LogP contribution in [0.2, 0.25) is 0 Å². The molecule has 0 unspecified atom stereocenters. The standard InChI is InChI=1S/C17H13BrF3N5O2/c18-8-1-2-13(12(3-8)17(19,20)21)26-6-11-14(24-26)22-16(23-15(11)27)25-5-10-4-9(25)7-28-10/h1-3,6,9-10H,4-5,7H2,(H,22,23,24,27)/t9-,10-/m1/s1. The number of fused-ring (bicyclic) bond motifs is 3. The molecule has 3 aromatic rings. The molecule has 146 valence electrons. The van der Waals surface area contributed by atoms with Crippen LogP contribution in [0.25, 0.3) is 16.7 Å². The van der Waals surface area contributed by atoms with E-state index in [1.807, 2.05) is 4.90 Å². The molecule has 2 bridgehead atoms. The van der Waals surface area contributed by atoms with Crippen LogP contribution in [0.5, 0.6) is 0 Å². The van der Waals surface area contributed by atoms with Gasteiger partial charge in [-0.05, 0) is 24.6 Å². The molecule has 28 heavy (non-hydrogen) atoms. The lowest BCUT2D eigenvalue weighted by molar-refractivity contribution is -0.137. The number of morpholine rings is 1. The van der Waals surface area contributed by atoms with Gasteiger partial charge in [0.2, 0.25) is 5.95 Å². The van der Waals surface area contributed by atoms with E-state index in [1.54, 1.807) is 0 Å². The highest BCUT2D eigenvalue weighted by Gasteiger charge is 2.40. The summed E-state index contributed by atoms with van der Waals surface area (Å²) in [5.41, 5.74) is -1.39. The molecule has 2 aliphatic heterocycles. The highest BCUT2D eigenvalue weighted by atomic mass is 79.9. The van der Waals surface area contributed by atoms with Crippen molar-refractivity contribution in [1.82, 2.24) is 19.7 Å². The molecule has 0 radical (unpaired) electrons. The number of anilines is 1. The number of halogens is 4. The third kappa shape index (κ3) is 2.80. The first kappa shape index (κ1) is 17.7. The van der Waals surface area contributed by atoms with E-state index in [9.17, 15) is 18.0 Å². The van der Waals surface area contributed by atoms with Crippen molar-refractivity contribution in [2.75, 3.05) is 18.1 Å². The van der Waals surface area contributed by atoms with Crippen molar-refractivity contribution in [3.8, 4) is 5.69 Å². The summed E-state index contributed by atoms with van der Waals surface area (Å²) in [7, 11) is 0. The molecule has 4 heterocycles. The van der Waals surface area contributed by atoms with Crippen LogP contribution in [0.3, 0.4) is 0 Å². The minimum atomic E-state index is -4.57. The number of aromatic amines is 1. The first-order chi connectivity index (χ1) is 13.3. The third-order valence-electron chi connectivity index (χ3n) is 5.06. The molecule has 2 fully saturated rings. The zero-order valence-corrected chi connectivity index (χ0v) is 15.8. The van der Waals surface area contributed by atoms with Gasteiger partial charge in [-0.2, -0.15) is 18.2 Å². The summed E-state index contributed by atoms with van der Waals surface area (Å²) in [6, 6.07) is 3.90. The number of rotatable bonds is 2. The van der Waals surface area contributed by atoms with E-state index < -0.39 is 17.3 Å². The molecule has 1 aromatic carbocycles. The van der Waals surface area contributed by atoms with Crippen LogP contribution in [0.1, 0.15) is 12.0 Å². The van der Waals surface area contributed by atoms with Gasteiger partial charge in [0.05, 0.1) is 30.0 Å². The maximum atomic E-state index is 13.4. The molecule has 11 heteroatoms. The molecule has 1 N–H and O–H groups in total. The number of aromatic nitrogens is 4. The molecular weight excluding hydrogens is 443 g/mol. The van der Waals surface area contributed by atoms with Crippen LogP contribution in [-0.2, 0) is 10.9 Å². The normalized spacial score (nSPS) is 21.8. The van der Waals surface area contributed by atoms with E-state index in [4.69, 9.17) is 4.74 Å². The molecule has 2 saturated heterocycles. The fraction of sp³-hybridized carbons (Fsp3) is 0.353. The predicted molar refractivity (Wildman–Crippen MR) is 97.7 cm³/mol. The average molecular weight is 456 g/mol. The largest absolute Gasteiger partial charge is 0.418 e. The van der Waals surface area contributed by atoms with Gasteiger partial charge in [-0.15, -0.1) is 5.10 Å². The molecule has 7 nitrogen and oxygen atoms in total. The molecule has 0 amide bonds. The van der Waals surface area contributed by atoms with Crippen LogP contribution in [0, 0.1) is 0 Å². The Balaban J connectivity index is 1.62. The third-order valence-corrected chi connectivity index (χ3v) is 5.55. The second-order valence-electron chi connectivity index (χ2n) is 6.86. The van der Waals surface area contributed by atoms with E-state index in [0.717, 1.165) is 17.2 Å². The van der Waals surface area contributed by atoms with Gasteiger partial charge in [-0.1, -0.05) is 15.9 Å². The van der Waals surface area contributed by atoms with Crippen molar-refractivity contribution in [3.63, 3.8) is 0 Å². The van der Waals surface area contributed by atoms with Crippen molar-refractivity contribution in [1.29, 1.82) is 0 Å². The Bertz CT molecular complexity index is 1140. The lowest BCUT2D eigenvalue weighted by Crippen LogP contribution is -2.38. The summed E-state index contributed by atoms with van der Waals surface area (Å²) in [5, 5.41) is 4.28. The van der Waals surface area contributed by atoms with Gasteiger partial charge in [0.25, 0.3) is 5.56 Å². The average Bonchev–Trinajstić information content (AvgIpc) is 3.35. The number of benzene rings is 1. The van der Waals surface area contributed by atoms with Crippen molar-refractivity contribution < 1.29 is 17.9 Å². The summed E-state index contributed by atoms with van der Waals surface area (Å²) < 4.78 is 47.2. The van der Waals surface area contributed by atoms with E-state index in [0.29, 0.717) is 23.6 Å². The van der Waals surface area contributed by atoms with Crippen LogP contribution >= 0.6 is 15.9 Å². The van der Waals surface area contributed by atoms with E-state index in [-0.39, 0.29) is 28.9 Å². The second kappa shape index (κ2) is 6.05. The number of H-pyrrole nitrogens is 1. The van der Waals surface area contributed by atoms with Crippen LogP contribution < -0.4 is 10.5 Å². The van der Waals surface area contributed by atoms with Crippen molar-refractivity contribution in [2.45, 2.75) is 24.7 Å². The Morgan fingerprint density at radius 2 is 2.14 bits per heavy atom. The lowest BCUT2D eigenvalue weighted by atomic mass is 10.1. The quantitative estimate of drug-likeness (QED) is 0.642. The lowest BCUT2D eigenvalue weighted by Gasteiger charge is -2.26. The van der Waals surface area contributed by atoms with Crippen molar-refractivity contribution in [2.24, 2.45) is 0 Å². The highest BCUT2D eigenvalue weighted by molar-refractivity contribution is 9.10. The highest BCUT2D eigenvalue weighted by Crippen LogP contribution is 2.36. The summed E-state index contributed by atoms with van der Waals surface area (Å²) in [4.78, 5) is 21.6. The molecular formula is C17H13BrF3N5O2. The fourth-order valence-corrected chi connectivity index (χ4v) is 4.12. The minimum Gasteiger partial charge on any atom is -0.374 e. The van der Waals surface area contributed by atoms with Gasteiger partial charge in [0.1, 0.15) is 5.39 Å². The van der Waals surface area contributed by atoms with Crippen LogP contribution in [-0.4, -0.2) is 45.0 Å². The fourth-order valence-electron chi connectivity index (χ4n) is 3.76. The van der Waals surface area contributed by atoms with Gasteiger partial charge in [0, 0.05) is 17.2 Å². The molecule has 2 atom stereocenters. The van der Waals surface area contributed by atoms with Gasteiger partial charge < -0.3 is 9.64 Å². The topological polar surface area (TPSA) is 76.0 Å². The number of nitrogens with zero attached hydrogens (tertiary/aromatic N) is 4. The van der Waals surface area contributed by atoms with Crippen LogP contribution in [0.15, 0.2) is 33.7 Å². The maximum Gasteiger partial charge on any atom is 0.418 e. The Kier molecular flexibility index (Phi) is 3.82. The number of hydrogen-bond donors (Lipinski definition) is 1. The summed E-state index contributed by atoms with van der Waals surface area (Å²) in [6.07, 6.45) is -2.33. The van der Waals surface area contributed by atoms with Gasteiger partial charge >= 0.3 is 6.18 Å². The minimum absolute atomic E-state index is 0.0958. The van der Waals surface area contributed by atoms with E-state index >= 15 is 0 Å². The Morgan fingerprint density at radius 1 is 1.32 bits per heavy atom. The molecule has 2 aliphatic rings. The molecule has 2 aromatic heterocycles. The summed E-state index contributed by atoms with van der Waals surface area (Å²) in [6.45, 7) is 1.18. The first-order valence-electron chi connectivity index (χ1n) is 8.54. The number of nitrogens with one attached hydrogen (secondary N) is 1. The molecule has 0 aliphatic carbocycles. The zero-order valence-electron chi connectivity index (χ0n) is 14.2. The summed E-state index contributed by atoms with van der Waals surface area (Å²) in [5.74, 6) is 0.366. The van der Waals surface area contributed by atoms with E-state index in [2.05, 4.69) is 31.0 Å².